The van der Waals surface area contributed by atoms with Crippen LogP contribution in [0.1, 0.15) is 12.5 Å². The Morgan fingerprint density at radius 3 is 2.48 bits per heavy atom. The van der Waals surface area contributed by atoms with E-state index in [1.165, 1.54) is 29.2 Å². The summed E-state index contributed by atoms with van der Waals surface area (Å²) in [5, 5.41) is 7.71. The standard InChI is InChI=1S/C20H19N3O5S3/c1-12(18(24)22-14-7-9-15(10-8-14)31(21,26)27)23-19(25)17(30-20(23)29)11-13-5-3-4-6-16(13)28-2/h3-12H,1-2H3,(H,22,24)(H2,21,26,27)/b17-11-. The molecule has 31 heavy (non-hydrogen) atoms. The molecule has 8 nitrogen and oxygen atoms in total. The van der Waals surface area contributed by atoms with E-state index in [-0.39, 0.29) is 15.1 Å². The van der Waals surface area contributed by atoms with Gasteiger partial charge in [-0.3, -0.25) is 14.5 Å². The molecule has 11 heteroatoms. The highest BCUT2D eigenvalue weighted by Gasteiger charge is 2.38. The van der Waals surface area contributed by atoms with E-state index in [4.69, 9.17) is 22.1 Å². The third-order valence-electron chi connectivity index (χ3n) is 4.47. The molecule has 3 N–H and O–H groups in total. The van der Waals surface area contributed by atoms with E-state index >= 15 is 0 Å². The molecule has 1 aliphatic rings. The normalized spacial score (nSPS) is 16.5. The van der Waals surface area contributed by atoms with Crippen molar-refractivity contribution in [3.8, 4) is 5.75 Å². The Labute approximate surface area is 189 Å². The summed E-state index contributed by atoms with van der Waals surface area (Å²) in [6, 6.07) is 11.8. The second-order valence-electron chi connectivity index (χ2n) is 6.53. The van der Waals surface area contributed by atoms with Crippen molar-refractivity contribution >= 4 is 61.9 Å². The number of carbonyl (C=O) groups is 2. The fraction of sp³-hybridized carbons (Fsp3) is 0.150. The topological polar surface area (TPSA) is 119 Å². The highest BCUT2D eigenvalue weighted by molar-refractivity contribution is 8.26. The molecule has 1 saturated heterocycles. The van der Waals surface area contributed by atoms with Gasteiger partial charge in [0.25, 0.3) is 5.91 Å². The molecule has 0 bridgehead atoms. The highest BCUT2D eigenvalue weighted by atomic mass is 32.2. The van der Waals surface area contributed by atoms with Crippen molar-refractivity contribution in [1.29, 1.82) is 0 Å². The first-order valence-electron chi connectivity index (χ1n) is 8.95. The van der Waals surface area contributed by atoms with Crippen molar-refractivity contribution in [1.82, 2.24) is 4.90 Å². The highest BCUT2D eigenvalue weighted by Crippen LogP contribution is 2.35. The molecule has 1 aliphatic heterocycles. The molecule has 0 radical (unpaired) electrons. The summed E-state index contributed by atoms with van der Waals surface area (Å²) >= 11 is 6.43. The number of primary sulfonamides is 1. The first-order valence-corrected chi connectivity index (χ1v) is 11.7. The molecule has 1 unspecified atom stereocenters. The molecule has 1 heterocycles. The molecule has 0 aliphatic carbocycles. The van der Waals surface area contributed by atoms with Gasteiger partial charge in [0, 0.05) is 11.3 Å². The fourth-order valence-corrected chi connectivity index (χ4v) is 4.76. The fourth-order valence-electron chi connectivity index (χ4n) is 2.83. The van der Waals surface area contributed by atoms with Crippen LogP contribution in [-0.2, 0) is 19.6 Å². The van der Waals surface area contributed by atoms with Crippen LogP contribution in [0.3, 0.4) is 0 Å². The molecule has 0 aromatic heterocycles. The van der Waals surface area contributed by atoms with Gasteiger partial charge in [0.2, 0.25) is 15.9 Å². The second kappa shape index (κ2) is 9.18. The summed E-state index contributed by atoms with van der Waals surface area (Å²) in [5.74, 6) is -0.243. The number of rotatable bonds is 6. The molecule has 2 aromatic carbocycles. The lowest BCUT2D eigenvalue weighted by Gasteiger charge is -2.22. The molecule has 0 spiro atoms. The number of nitrogens with zero attached hydrogens (tertiary/aromatic N) is 1. The zero-order valence-corrected chi connectivity index (χ0v) is 19.0. The van der Waals surface area contributed by atoms with Crippen molar-refractivity contribution in [3.63, 3.8) is 0 Å². The van der Waals surface area contributed by atoms with Crippen molar-refractivity contribution < 1.29 is 22.7 Å². The van der Waals surface area contributed by atoms with E-state index in [1.54, 1.807) is 26.2 Å². The Bertz CT molecular complexity index is 1180. The maximum atomic E-state index is 12.9. The zero-order chi connectivity index (χ0) is 22.8. The Morgan fingerprint density at radius 1 is 1.23 bits per heavy atom. The lowest BCUT2D eigenvalue weighted by atomic mass is 10.1. The third kappa shape index (κ3) is 5.13. The average Bonchev–Trinajstić information content (AvgIpc) is 3.00. The SMILES string of the molecule is COc1ccccc1/C=C1\SC(=S)N(C(C)C(=O)Nc2ccc(S(N)(=O)=O)cc2)C1=O. The van der Waals surface area contributed by atoms with Gasteiger partial charge in [0.15, 0.2) is 0 Å². The summed E-state index contributed by atoms with van der Waals surface area (Å²) in [6.45, 7) is 1.56. The number of nitrogens with two attached hydrogens (primary N) is 1. The zero-order valence-electron chi connectivity index (χ0n) is 16.6. The van der Waals surface area contributed by atoms with E-state index in [0.29, 0.717) is 16.3 Å². The lowest BCUT2D eigenvalue weighted by Crippen LogP contribution is -2.44. The summed E-state index contributed by atoms with van der Waals surface area (Å²) in [4.78, 5) is 27.2. The summed E-state index contributed by atoms with van der Waals surface area (Å²) in [7, 11) is -2.29. The van der Waals surface area contributed by atoms with Crippen molar-refractivity contribution in [2.75, 3.05) is 12.4 Å². The number of thiocarbonyl (C=S) groups is 1. The first kappa shape index (κ1) is 22.9. The lowest BCUT2D eigenvalue weighted by molar-refractivity contribution is -0.129. The van der Waals surface area contributed by atoms with Gasteiger partial charge in [-0.15, -0.1) is 0 Å². The van der Waals surface area contributed by atoms with Crippen LogP contribution in [0, 0.1) is 0 Å². The van der Waals surface area contributed by atoms with E-state index in [0.717, 1.165) is 17.3 Å². The van der Waals surface area contributed by atoms with Crippen LogP contribution >= 0.6 is 24.0 Å². The summed E-state index contributed by atoms with van der Waals surface area (Å²) < 4.78 is 28.2. The maximum Gasteiger partial charge on any atom is 0.266 e. The molecule has 0 saturated carbocycles. The van der Waals surface area contributed by atoms with Crippen LogP contribution in [0.2, 0.25) is 0 Å². The van der Waals surface area contributed by atoms with E-state index in [1.807, 2.05) is 18.2 Å². The molecule has 162 valence electrons. The molecule has 1 fully saturated rings. The Morgan fingerprint density at radius 2 is 1.87 bits per heavy atom. The summed E-state index contributed by atoms with van der Waals surface area (Å²) in [6.07, 6.45) is 1.68. The Balaban J connectivity index is 1.76. The number of methoxy groups -OCH3 is 1. The number of hydrogen-bond donors (Lipinski definition) is 2. The van der Waals surface area contributed by atoms with E-state index in [9.17, 15) is 18.0 Å². The molecule has 1 atom stereocenters. The minimum atomic E-state index is -3.83. The smallest absolute Gasteiger partial charge is 0.266 e. The van der Waals surface area contributed by atoms with Crippen molar-refractivity contribution in [2.45, 2.75) is 17.9 Å². The van der Waals surface area contributed by atoms with Crippen molar-refractivity contribution in [3.05, 3.63) is 59.0 Å². The number of para-hydroxylation sites is 1. The molecular weight excluding hydrogens is 458 g/mol. The first-order chi connectivity index (χ1) is 14.6. The third-order valence-corrected chi connectivity index (χ3v) is 6.73. The van der Waals surface area contributed by atoms with Crippen LogP contribution in [0.15, 0.2) is 58.3 Å². The van der Waals surface area contributed by atoms with Gasteiger partial charge in [-0.25, -0.2) is 13.6 Å². The van der Waals surface area contributed by atoms with Gasteiger partial charge >= 0.3 is 0 Å². The van der Waals surface area contributed by atoms with Crippen LogP contribution < -0.4 is 15.2 Å². The minimum absolute atomic E-state index is 0.0723. The van der Waals surface area contributed by atoms with Crippen LogP contribution in [0.5, 0.6) is 5.75 Å². The van der Waals surface area contributed by atoms with Crippen LogP contribution in [-0.4, -0.2) is 42.6 Å². The number of amides is 2. The monoisotopic (exact) mass is 477 g/mol. The predicted octanol–water partition coefficient (Wildman–Crippen LogP) is 2.57. The van der Waals surface area contributed by atoms with Crippen LogP contribution in [0.25, 0.3) is 6.08 Å². The van der Waals surface area contributed by atoms with Crippen molar-refractivity contribution in [2.24, 2.45) is 5.14 Å². The maximum absolute atomic E-state index is 12.9. The van der Waals surface area contributed by atoms with Gasteiger partial charge in [0.1, 0.15) is 16.1 Å². The molecule has 2 amide bonds. The van der Waals surface area contributed by atoms with Gasteiger partial charge in [-0.1, -0.05) is 42.2 Å². The summed E-state index contributed by atoms with van der Waals surface area (Å²) in [5.41, 5.74) is 1.08. The average molecular weight is 478 g/mol. The van der Waals surface area contributed by atoms with Gasteiger partial charge in [-0.2, -0.15) is 0 Å². The number of anilines is 1. The number of carbonyl (C=O) groups excluding carboxylic acids is 2. The van der Waals surface area contributed by atoms with Gasteiger partial charge < -0.3 is 10.1 Å². The van der Waals surface area contributed by atoms with Gasteiger partial charge in [-0.05, 0) is 43.3 Å². The van der Waals surface area contributed by atoms with E-state index in [2.05, 4.69) is 5.32 Å². The molecule has 2 aromatic rings. The largest absolute Gasteiger partial charge is 0.496 e. The Hall–Kier alpha value is -2.73. The Kier molecular flexibility index (Phi) is 6.80. The minimum Gasteiger partial charge on any atom is -0.496 e. The predicted molar refractivity (Wildman–Crippen MR) is 124 cm³/mol. The second-order valence-corrected chi connectivity index (χ2v) is 9.77. The quantitative estimate of drug-likeness (QED) is 0.485. The molecule has 3 rings (SSSR count). The van der Waals surface area contributed by atoms with Crippen LogP contribution in [0.4, 0.5) is 5.69 Å². The molecular formula is C20H19N3O5S3. The van der Waals surface area contributed by atoms with Gasteiger partial charge in [0.05, 0.1) is 16.9 Å². The number of nitrogens with one attached hydrogen (secondary N) is 1. The number of hydrogen-bond acceptors (Lipinski definition) is 7. The number of ether oxygens (including phenoxy) is 1. The number of sulfonamides is 1. The number of benzene rings is 2. The van der Waals surface area contributed by atoms with E-state index < -0.39 is 22.0 Å². The number of thioether (sulfide) groups is 1.